The Hall–Kier alpha value is -1.09. The summed E-state index contributed by atoms with van der Waals surface area (Å²) in [7, 11) is 0. The zero-order valence-electron chi connectivity index (χ0n) is 10.9. The maximum atomic E-state index is 11.8. The van der Waals surface area contributed by atoms with E-state index in [0.29, 0.717) is 5.92 Å². The first-order chi connectivity index (χ1) is 8.50. The van der Waals surface area contributed by atoms with Crippen LogP contribution in [0, 0.1) is 23.7 Å². The summed E-state index contributed by atoms with van der Waals surface area (Å²) in [5, 5.41) is 10.3. The van der Waals surface area contributed by atoms with Crippen molar-refractivity contribution in [3.63, 3.8) is 0 Å². The van der Waals surface area contributed by atoms with Crippen molar-refractivity contribution in [3.05, 3.63) is 23.8 Å². The maximum Gasteiger partial charge on any atom is 0.309 e. The van der Waals surface area contributed by atoms with E-state index in [1.807, 2.05) is 13.0 Å². The number of ether oxygens (including phenoxy) is 1. The lowest BCUT2D eigenvalue weighted by molar-refractivity contribution is -0.145. The molecule has 1 heterocycles. The van der Waals surface area contributed by atoms with Crippen LogP contribution in [0.3, 0.4) is 0 Å². The Labute approximate surface area is 108 Å². The quantitative estimate of drug-likeness (QED) is 0.527. The van der Waals surface area contributed by atoms with Gasteiger partial charge < -0.3 is 9.84 Å². The fraction of sp³-hybridized carbons (Fsp3) is 0.667. The fourth-order valence-electron chi connectivity index (χ4n) is 4.01. The maximum absolute atomic E-state index is 11.8. The highest BCUT2D eigenvalue weighted by Crippen LogP contribution is 2.50. The van der Waals surface area contributed by atoms with Crippen molar-refractivity contribution in [1.82, 2.24) is 0 Å². The lowest BCUT2D eigenvalue weighted by atomic mass is 9.78. The summed E-state index contributed by atoms with van der Waals surface area (Å²) in [5.74, 6) is 0.0894. The molecule has 1 aliphatic heterocycles. The van der Waals surface area contributed by atoms with E-state index in [0.717, 1.165) is 12.8 Å². The number of allylic oxidation sites excluding steroid dienone is 1. The molecule has 0 bridgehead atoms. The van der Waals surface area contributed by atoms with Crippen LogP contribution in [-0.4, -0.2) is 23.3 Å². The van der Waals surface area contributed by atoms with Crippen molar-refractivity contribution in [1.29, 1.82) is 0 Å². The molecule has 0 radical (unpaired) electrons. The first kappa shape index (κ1) is 12.0. The zero-order valence-corrected chi connectivity index (χ0v) is 10.9. The van der Waals surface area contributed by atoms with Crippen molar-refractivity contribution in [2.24, 2.45) is 23.7 Å². The van der Waals surface area contributed by atoms with Crippen molar-refractivity contribution in [3.8, 4) is 0 Å². The van der Waals surface area contributed by atoms with E-state index >= 15 is 0 Å². The second kappa shape index (κ2) is 3.95. The van der Waals surface area contributed by atoms with Gasteiger partial charge in [0.25, 0.3) is 0 Å². The van der Waals surface area contributed by atoms with Gasteiger partial charge in [0.2, 0.25) is 0 Å². The van der Waals surface area contributed by atoms with Gasteiger partial charge in [-0.3, -0.25) is 4.79 Å². The average Bonchev–Trinajstić information content (AvgIpc) is 2.77. The van der Waals surface area contributed by atoms with Gasteiger partial charge in [-0.25, -0.2) is 0 Å². The third kappa shape index (κ3) is 1.50. The van der Waals surface area contributed by atoms with Crippen LogP contribution in [0.4, 0.5) is 0 Å². The summed E-state index contributed by atoms with van der Waals surface area (Å²) >= 11 is 0. The SMILES string of the molecule is C=C1CC[C@H]2C(C)=C[C@H](O)[C@H]3[C@H](OC(=O)[C@@H]3C)[C@@H]12. The Kier molecular flexibility index (Phi) is 2.63. The van der Waals surface area contributed by atoms with Crippen LogP contribution in [0.1, 0.15) is 26.7 Å². The molecular formula is C15H20O3. The van der Waals surface area contributed by atoms with Crippen LogP contribution in [0.5, 0.6) is 0 Å². The summed E-state index contributed by atoms with van der Waals surface area (Å²) < 4.78 is 5.57. The van der Waals surface area contributed by atoms with Gasteiger partial charge in [0, 0.05) is 11.8 Å². The van der Waals surface area contributed by atoms with Gasteiger partial charge in [-0.2, -0.15) is 0 Å². The molecule has 6 atom stereocenters. The molecule has 1 saturated heterocycles. The molecule has 1 N–H and O–H groups in total. The highest BCUT2D eigenvalue weighted by Gasteiger charge is 2.53. The Balaban J connectivity index is 2.05. The summed E-state index contributed by atoms with van der Waals surface area (Å²) in [4.78, 5) is 11.8. The second-order valence-electron chi connectivity index (χ2n) is 6.00. The van der Waals surface area contributed by atoms with Crippen LogP contribution < -0.4 is 0 Å². The highest BCUT2D eigenvalue weighted by atomic mass is 16.6. The molecule has 98 valence electrons. The lowest BCUT2D eigenvalue weighted by Crippen LogP contribution is -2.35. The largest absolute Gasteiger partial charge is 0.461 e. The number of carbonyl (C=O) groups excluding carboxylic acids is 1. The minimum absolute atomic E-state index is 0.114. The van der Waals surface area contributed by atoms with Crippen LogP contribution >= 0.6 is 0 Å². The van der Waals surface area contributed by atoms with Gasteiger partial charge >= 0.3 is 5.97 Å². The van der Waals surface area contributed by atoms with Crippen molar-refractivity contribution in [2.75, 3.05) is 0 Å². The topological polar surface area (TPSA) is 46.5 Å². The first-order valence-electron chi connectivity index (χ1n) is 6.75. The van der Waals surface area contributed by atoms with Gasteiger partial charge in [0.05, 0.1) is 12.0 Å². The van der Waals surface area contributed by atoms with Crippen molar-refractivity contribution in [2.45, 2.75) is 38.9 Å². The molecule has 0 spiro atoms. The number of aliphatic hydroxyl groups is 1. The van der Waals surface area contributed by atoms with E-state index < -0.39 is 6.10 Å². The number of fused-ring (bicyclic) bond motifs is 3. The molecule has 0 aromatic carbocycles. The average molecular weight is 248 g/mol. The molecule has 3 aliphatic rings. The third-order valence-corrected chi connectivity index (χ3v) is 5.03. The molecule has 0 amide bonds. The molecule has 3 nitrogen and oxygen atoms in total. The van der Waals surface area contributed by atoms with Crippen LogP contribution in [0.25, 0.3) is 0 Å². The number of hydrogen-bond acceptors (Lipinski definition) is 3. The number of rotatable bonds is 0. The van der Waals surface area contributed by atoms with Crippen LogP contribution in [0.2, 0.25) is 0 Å². The van der Waals surface area contributed by atoms with Crippen LogP contribution in [0.15, 0.2) is 23.8 Å². The Morgan fingerprint density at radius 1 is 1.50 bits per heavy atom. The molecule has 0 aromatic rings. The predicted octanol–water partition coefficient (Wildman–Crippen LogP) is 2.07. The highest BCUT2D eigenvalue weighted by molar-refractivity contribution is 5.75. The fourth-order valence-corrected chi connectivity index (χ4v) is 4.01. The Morgan fingerprint density at radius 2 is 2.22 bits per heavy atom. The van der Waals surface area contributed by atoms with Gasteiger partial charge in [0.15, 0.2) is 0 Å². The molecule has 0 unspecified atom stereocenters. The van der Waals surface area contributed by atoms with Gasteiger partial charge in [-0.05, 0) is 25.7 Å². The van der Waals surface area contributed by atoms with E-state index in [-0.39, 0.29) is 29.8 Å². The molecule has 18 heavy (non-hydrogen) atoms. The number of aliphatic hydroxyl groups excluding tert-OH is 1. The van der Waals surface area contributed by atoms with Gasteiger partial charge in [0.1, 0.15) is 6.10 Å². The third-order valence-electron chi connectivity index (χ3n) is 5.03. The molecule has 2 fully saturated rings. The van der Waals surface area contributed by atoms with E-state index in [1.165, 1.54) is 11.1 Å². The Morgan fingerprint density at radius 3 is 2.94 bits per heavy atom. The summed E-state index contributed by atoms with van der Waals surface area (Å²) in [6, 6.07) is 0. The van der Waals surface area contributed by atoms with Crippen molar-refractivity contribution < 1.29 is 14.6 Å². The molecule has 3 heteroatoms. The van der Waals surface area contributed by atoms with Crippen LogP contribution in [-0.2, 0) is 9.53 Å². The normalized spacial score (nSPS) is 47.2. The van der Waals surface area contributed by atoms with E-state index in [4.69, 9.17) is 4.74 Å². The molecule has 2 aliphatic carbocycles. The summed E-state index contributed by atoms with van der Waals surface area (Å²) in [5.41, 5.74) is 2.41. The zero-order chi connectivity index (χ0) is 13.0. The summed E-state index contributed by atoms with van der Waals surface area (Å²) in [6.45, 7) is 8.08. The van der Waals surface area contributed by atoms with Crippen molar-refractivity contribution >= 4 is 5.97 Å². The lowest BCUT2D eigenvalue weighted by Gasteiger charge is -2.28. The first-order valence-corrected chi connectivity index (χ1v) is 6.75. The van der Waals surface area contributed by atoms with Gasteiger partial charge in [-0.1, -0.05) is 30.7 Å². The van der Waals surface area contributed by atoms with Gasteiger partial charge in [-0.15, -0.1) is 0 Å². The minimum atomic E-state index is -0.574. The van der Waals surface area contributed by atoms with E-state index in [1.54, 1.807) is 0 Å². The number of carbonyl (C=O) groups is 1. The molecule has 3 rings (SSSR count). The minimum Gasteiger partial charge on any atom is -0.461 e. The number of esters is 1. The number of hydrogen-bond donors (Lipinski definition) is 1. The molecule has 0 aromatic heterocycles. The monoisotopic (exact) mass is 248 g/mol. The van der Waals surface area contributed by atoms with E-state index in [9.17, 15) is 9.90 Å². The predicted molar refractivity (Wildman–Crippen MR) is 67.7 cm³/mol. The van der Waals surface area contributed by atoms with E-state index in [2.05, 4.69) is 13.5 Å². The summed E-state index contributed by atoms with van der Waals surface area (Å²) in [6.07, 6.45) is 3.24. The molecular weight excluding hydrogens is 228 g/mol. The smallest absolute Gasteiger partial charge is 0.309 e. The second-order valence-corrected chi connectivity index (χ2v) is 6.00. The molecule has 1 saturated carbocycles. The Bertz CT molecular complexity index is 437. The standard InChI is InChI=1S/C15H20O3/c1-7-4-5-10-8(2)6-11(16)13-9(3)15(17)18-14(13)12(7)10/h6,9-14,16H,1,4-5H2,2-3H3/t9-,10+,11+,12+,13+,14-/m1/s1.